The molecular formula is C17H17ClF3N3O. The van der Waals surface area contributed by atoms with Gasteiger partial charge >= 0.3 is 6.18 Å². The molecule has 1 saturated carbocycles. The van der Waals surface area contributed by atoms with Crippen LogP contribution in [0.15, 0.2) is 29.1 Å². The number of nitrogens with two attached hydrogens (primary N) is 1. The molecule has 2 aromatic rings. The van der Waals surface area contributed by atoms with Crippen LogP contribution in [0.4, 0.5) is 19.1 Å². The third-order valence-electron chi connectivity index (χ3n) is 4.68. The Kier molecular flexibility index (Phi) is 4.77. The molecule has 1 fully saturated rings. The first-order valence-corrected chi connectivity index (χ1v) is 8.36. The number of halogens is 4. The maximum absolute atomic E-state index is 12.9. The Morgan fingerprint density at radius 1 is 1.12 bits per heavy atom. The topological polar surface area (TPSA) is 71.8 Å². The molecule has 8 heteroatoms. The normalized spacial score (nSPS) is 21.3. The molecule has 0 unspecified atom stereocenters. The molecule has 1 heterocycles. The highest BCUT2D eigenvalue weighted by Gasteiger charge is 2.42. The van der Waals surface area contributed by atoms with Crippen molar-refractivity contribution in [2.45, 2.75) is 37.8 Å². The Balaban J connectivity index is 1.97. The molecule has 0 spiro atoms. The van der Waals surface area contributed by atoms with Crippen molar-refractivity contribution < 1.29 is 13.2 Å². The van der Waals surface area contributed by atoms with Crippen LogP contribution in [0.1, 0.15) is 37.3 Å². The summed E-state index contributed by atoms with van der Waals surface area (Å²) < 4.78 is 38.6. The van der Waals surface area contributed by atoms with Gasteiger partial charge in [0.25, 0.3) is 5.56 Å². The van der Waals surface area contributed by atoms with Crippen molar-refractivity contribution in [1.82, 2.24) is 9.97 Å². The SMILES string of the molecule is Nc1nc([C@H]2CC[C@@H](C(F)(F)F)CC2)c(-c2ccc(Cl)cc2)c(=O)[nH]1. The number of alkyl halides is 3. The van der Waals surface area contributed by atoms with Gasteiger partial charge in [-0.25, -0.2) is 4.98 Å². The van der Waals surface area contributed by atoms with Crippen LogP contribution in [-0.2, 0) is 0 Å². The van der Waals surface area contributed by atoms with Gasteiger partial charge in [0.2, 0.25) is 5.95 Å². The summed E-state index contributed by atoms with van der Waals surface area (Å²) in [5.74, 6) is -1.55. The van der Waals surface area contributed by atoms with Gasteiger partial charge in [0.1, 0.15) is 0 Å². The molecule has 0 saturated heterocycles. The van der Waals surface area contributed by atoms with Gasteiger partial charge in [-0.2, -0.15) is 13.2 Å². The smallest absolute Gasteiger partial charge is 0.369 e. The minimum atomic E-state index is -4.18. The molecule has 25 heavy (non-hydrogen) atoms. The number of H-pyrrole nitrogens is 1. The molecule has 1 aliphatic carbocycles. The highest BCUT2D eigenvalue weighted by molar-refractivity contribution is 6.30. The minimum Gasteiger partial charge on any atom is -0.369 e. The number of nitrogen functional groups attached to an aromatic ring is 1. The van der Waals surface area contributed by atoms with Crippen LogP contribution in [0.2, 0.25) is 5.02 Å². The predicted molar refractivity (Wildman–Crippen MR) is 90.5 cm³/mol. The molecule has 0 aliphatic heterocycles. The van der Waals surface area contributed by atoms with Crippen LogP contribution in [0, 0.1) is 5.92 Å². The third-order valence-corrected chi connectivity index (χ3v) is 4.93. The van der Waals surface area contributed by atoms with E-state index in [0.29, 0.717) is 34.7 Å². The Morgan fingerprint density at radius 2 is 1.72 bits per heavy atom. The van der Waals surface area contributed by atoms with E-state index >= 15 is 0 Å². The second kappa shape index (κ2) is 6.71. The average molecular weight is 372 g/mol. The van der Waals surface area contributed by atoms with Gasteiger partial charge < -0.3 is 5.73 Å². The molecule has 3 rings (SSSR count). The first-order chi connectivity index (χ1) is 11.8. The van der Waals surface area contributed by atoms with E-state index in [9.17, 15) is 18.0 Å². The number of benzene rings is 1. The van der Waals surface area contributed by atoms with E-state index < -0.39 is 17.7 Å². The summed E-state index contributed by atoms with van der Waals surface area (Å²) in [5.41, 5.74) is 6.69. The maximum Gasteiger partial charge on any atom is 0.391 e. The zero-order chi connectivity index (χ0) is 18.2. The third kappa shape index (κ3) is 3.81. The first-order valence-electron chi connectivity index (χ1n) is 7.98. The van der Waals surface area contributed by atoms with Crippen molar-refractivity contribution in [2.75, 3.05) is 5.73 Å². The van der Waals surface area contributed by atoms with E-state index in [2.05, 4.69) is 9.97 Å². The Hall–Kier alpha value is -2.02. The molecule has 1 aromatic heterocycles. The largest absolute Gasteiger partial charge is 0.391 e. The highest BCUT2D eigenvalue weighted by atomic mass is 35.5. The van der Waals surface area contributed by atoms with E-state index in [1.54, 1.807) is 24.3 Å². The fraction of sp³-hybridized carbons (Fsp3) is 0.412. The number of hydrogen-bond donors (Lipinski definition) is 2. The maximum atomic E-state index is 12.9. The van der Waals surface area contributed by atoms with Crippen LogP contribution in [0.25, 0.3) is 11.1 Å². The summed E-state index contributed by atoms with van der Waals surface area (Å²) in [4.78, 5) is 19.1. The fourth-order valence-electron chi connectivity index (χ4n) is 3.39. The average Bonchev–Trinajstić information content (AvgIpc) is 2.55. The monoisotopic (exact) mass is 371 g/mol. The second-order valence-electron chi connectivity index (χ2n) is 6.31. The molecular weight excluding hydrogens is 355 g/mol. The number of hydrogen-bond acceptors (Lipinski definition) is 3. The summed E-state index contributed by atoms with van der Waals surface area (Å²) in [6.07, 6.45) is -3.48. The van der Waals surface area contributed by atoms with Gasteiger partial charge in [0, 0.05) is 10.9 Å². The Labute approximate surface area is 147 Å². The van der Waals surface area contributed by atoms with E-state index in [-0.39, 0.29) is 24.7 Å². The van der Waals surface area contributed by atoms with Crippen molar-refractivity contribution >= 4 is 17.5 Å². The molecule has 4 nitrogen and oxygen atoms in total. The zero-order valence-corrected chi connectivity index (χ0v) is 14.0. The van der Waals surface area contributed by atoms with E-state index in [4.69, 9.17) is 17.3 Å². The lowest BCUT2D eigenvalue weighted by Crippen LogP contribution is -2.28. The predicted octanol–water partition coefficient (Wildman–Crippen LogP) is 4.51. The Morgan fingerprint density at radius 3 is 2.28 bits per heavy atom. The number of aromatic amines is 1. The van der Waals surface area contributed by atoms with Gasteiger partial charge in [-0.1, -0.05) is 23.7 Å². The molecule has 0 radical (unpaired) electrons. The van der Waals surface area contributed by atoms with E-state index in [1.807, 2.05) is 0 Å². The van der Waals surface area contributed by atoms with Gasteiger partial charge in [0.05, 0.1) is 17.2 Å². The van der Waals surface area contributed by atoms with Crippen LogP contribution < -0.4 is 11.3 Å². The van der Waals surface area contributed by atoms with Crippen molar-refractivity contribution in [2.24, 2.45) is 5.92 Å². The molecule has 1 aliphatic rings. The van der Waals surface area contributed by atoms with Gasteiger partial charge in [-0.15, -0.1) is 0 Å². The summed E-state index contributed by atoms with van der Waals surface area (Å²) in [7, 11) is 0. The minimum absolute atomic E-state index is 0.0304. The molecule has 0 bridgehead atoms. The van der Waals surface area contributed by atoms with Crippen molar-refractivity contribution in [3.05, 3.63) is 45.3 Å². The zero-order valence-electron chi connectivity index (χ0n) is 13.2. The quantitative estimate of drug-likeness (QED) is 0.815. The van der Waals surface area contributed by atoms with E-state index in [1.165, 1.54) is 0 Å². The van der Waals surface area contributed by atoms with Crippen LogP contribution >= 0.6 is 11.6 Å². The molecule has 1 aromatic carbocycles. The van der Waals surface area contributed by atoms with Gasteiger partial charge in [-0.3, -0.25) is 9.78 Å². The lowest BCUT2D eigenvalue weighted by Gasteiger charge is -2.30. The lowest BCUT2D eigenvalue weighted by atomic mass is 9.78. The molecule has 134 valence electrons. The molecule has 3 N–H and O–H groups in total. The Bertz CT molecular complexity index is 809. The van der Waals surface area contributed by atoms with Crippen molar-refractivity contribution in [3.8, 4) is 11.1 Å². The van der Waals surface area contributed by atoms with Crippen molar-refractivity contribution in [3.63, 3.8) is 0 Å². The lowest BCUT2D eigenvalue weighted by molar-refractivity contribution is -0.182. The van der Waals surface area contributed by atoms with Gasteiger partial charge in [0.15, 0.2) is 0 Å². The number of nitrogens with zero attached hydrogens (tertiary/aromatic N) is 1. The summed E-state index contributed by atoms with van der Waals surface area (Å²) in [6.45, 7) is 0. The summed E-state index contributed by atoms with van der Waals surface area (Å²) in [5, 5.41) is 0.524. The highest BCUT2D eigenvalue weighted by Crippen LogP contribution is 2.43. The number of rotatable bonds is 2. The summed E-state index contributed by atoms with van der Waals surface area (Å²) >= 11 is 5.88. The van der Waals surface area contributed by atoms with Gasteiger partial charge in [-0.05, 0) is 43.4 Å². The van der Waals surface area contributed by atoms with Crippen LogP contribution in [0.3, 0.4) is 0 Å². The van der Waals surface area contributed by atoms with Crippen molar-refractivity contribution in [1.29, 1.82) is 0 Å². The van der Waals surface area contributed by atoms with Crippen LogP contribution in [-0.4, -0.2) is 16.1 Å². The molecule has 0 atom stereocenters. The first kappa shape index (κ1) is 17.8. The van der Waals surface area contributed by atoms with E-state index in [0.717, 1.165) is 0 Å². The number of nitrogens with one attached hydrogen (secondary N) is 1. The standard InChI is InChI=1S/C17H17ClF3N3O/c18-12-7-3-9(4-8-12)13-14(23-16(22)24-15(13)25)10-1-5-11(6-2-10)17(19,20)21/h3-4,7-8,10-11H,1-2,5-6H2,(H3,22,23,24,25)/t10-,11+. The second-order valence-corrected chi connectivity index (χ2v) is 6.74. The fourth-order valence-corrected chi connectivity index (χ4v) is 3.52. The molecule has 0 amide bonds. The number of aromatic nitrogens is 2. The summed E-state index contributed by atoms with van der Waals surface area (Å²) in [6, 6.07) is 6.68. The van der Waals surface area contributed by atoms with Crippen LogP contribution in [0.5, 0.6) is 0 Å². The number of anilines is 1.